The molecule has 178 valence electrons. The molecule has 0 spiro atoms. The zero-order valence-corrected chi connectivity index (χ0v) is 19.3. The molecule has 0 aromatic carbocycles. The number of nitrogens with zero attached hydrogens (tertiary/aromatic N) is 1. The molecule has 0 saturated heterocycles. The molecule has 2 N–H and O–H groups in total. The van der Waals surface area contributed by atoms with Crippen molar-refractivity contribution in [3.05, 3.63) is 52.3 Å². The van der Waals surface area contributed by atoms with E-state index in [1.807, 2.05) is 6.92 Å². The number of carboxylic acids is 1. The van der Waals surface area contributed by atoms with E-state index in [0.717, 1.165) is 16.6 Å². The van der Waals surface area contributed by atoms with Gasteiger partial charge in [0.05, 0.1) is 28.8 Å². The van der Waals surface area contributed by atoms with Crippen molar-refractivity contribution in [2.45, 2.75) is 25.7 Å². The van der Waals surface area contributed by atoms with E-state index in [0.29, 0.717) is 17.1 Å². The SMILES string of the molecule is CCc1cc(C(=O)C2=CC3C=C(OC(F)(F)F)C=CC3N2C)c(NC(=O)CSCC(=O)O)s1. The summed E-state index contributed by atoms with van der Waals surface area (Å²) in [5.74, 6) is -2.94. The number of likely N-dealkylation sites (N-methyl/N-ethyl adjacent to an activating group) is 1. The number of aliphatic carboxylic acids is 1. The van der Waals surface area contributed by atoms with Crippen LogP contribution in [0.1, 0.15) is 22.2 Å². The van der Waals surface area contributed by atoms with E-state index in [1.165, 1.54) is 23.5 Å². The molecule has 1 amide bonds. The molecule has 3 rings (SSSR count). The second kappa shape index (κ2) is 10.0. The molecule has 0 radical (unpaired) electrons. The summed E-state index contributed by atoms with van der Waals surface area (Å²) < 4.78 is 41.6. The monoisotopic (exact) mass is 502 g/mol. The van der Waals surface area contributed by atoms with Gasteiger partial charge in [-0.15, -0.1) is 36.3 Å². The van der Waals surface area contributed by atoms with Crippen molar-refractivity contribution >= 4 is 45.8 Å². The molecule has 1 aromatic rings. The van der Waals surface area contributed by atoms with Gasteiger partial charge in [-0.25, -0.2) is 0 Å². The molecule has 2 atom stereocenters. The van der Waals surface area contributed by atoms with Crippen LogP contribution < -0.4 is 5.32 Å². The van der Waals surface area contributed by atoms with Gasteiger partial charge in [0.1, 0.15) is 10.8 Å². The number of aryl methyl sites for hydroxylation is 1. The molecule has 2 heterocycles. The van der Waals surface area contributed by atoms with Crippen LogP contribution in [0.25, 0.3) is 0 Å². The number of anilines is 1. The highest BCUT2D eigenvalue weighted by Gasteiger charge is 2.38. The summed E-state index contributed by atoms with van der Waals surface area (Å²) in [4.78, 5) is 38.8. The highest BCUT2D eigenvalue weighted by atomic mass is 32.2. The molecule has 7 nitrogen and oxygen atoms in total. The molecule has 0 saturated carbocycles. The van der Waals surface area contributed by atoms with Crippen LogP contribution in [0.2, 0.25) is 0 Å². The number of carbonyl (C=O) groups is 3. The third-order valence-corrected chi connectivity index (χ3v) is 7.05. The van der Waals surface area contributed by atoms with Crippen LogP contribution in [0.4, 0.5) is 18.2 Å². The van der Waals surface area contributed by atoms with Gasteiger partial charge in [0.25, 0.3) is 0 Å². The van der Waals surface area contributed by atoms with Gasteiger partial charge in [0, 0.05) is 17.8 Å². The second-order valence-corrected chi connectivity index (χ2v) is 9.40. The Morgan fingerprint density at radius 3 is 2.64 bits per heavy atom. The maximum absolute atomic E-state index is 13.4. The lowest BCUT2D eigenvalue weighted by Crippen LogP contribution is -2.32. The van der Waals surface area contributed by atoms with Gasteiger partial charge in [-0.05, 0) is 30.7 Å². The Labute approximate surface area is 196 Å². The fourth-order valence-electron chi connectivity index (χ4n) is 3.51. The number of carbonyl (C=O) groups excluding carboxylic acids is 2. The first kappa shape index (κ1) is 24.9. The Morgan fingerprint density at radius 1 is 1.27 bits per heavy atom. The molecular formula is C21H21F3N2O5S2. The quantitative estimate of drug-likeness (QED) is 0.492. The minimum absolute atomic E-state index is 0.0798. The molecule has 1 aliphatic carbocycles. The van der Waals surface area contributed by atoms with Crippen molar-refractivity contribution in [1.82, 2.24) is 4.90 Å². The molecule has 0 bridgehead atoms. The van der Waals surface area contributed by atoms with Gasteiger partial charge in [-0.1, -0.05) is 13.0 Å². The van der Waals surface area contributed by atoms with E-state index in [2.05, 4.69) is 10.1 Å². The Kier molecular flexibility index (Phi) is 7.58. The number of nitrogens with one attached hydrogen (secondary N) is 1. The molecule has 2 aliphatic rings. The van der Waals surface area contributed by atoms with E-state index >= 15 is 0 Å². The number of halogens is 3. The summed E-state index contributed by atoms with van der Waals surface area (Å²) >= 11 is 2.19. The number of fused-ring (bicyclic) bond motifs is 1. The third-order valence-electron chi connectivity index (χ3n) is 4.94. The number of allylic oxidation sites excluding steroid dienone is 2. The fourth-order valence-corrected chi connectivity index (χ4v) is 5.05. The predicted octanol–water partition coefficient (Wildman–Crippen LogP) is 4.05. The fraction of sp³-hybridized carbons (Fsp3) is 0.381. The van der Waals surface area contributed by atoms with Crippen LogP contribution >= 0.6 is 23.1 Å². The van der Waals surface area contributed by atoms with Crippen LogP contribution in [0.5, 0.6) is 0 Å². The average molecular weight is 503 g/mol. The lowest BCUT2D eigenvalue weighted by atomic mass is 9.96. The number of hydrogen-bond acceptors (Lipinski definition) is 7. The van der Waals surface area contributed by atoms with Gasteiger partial charge < -0.3 is 20.1 Å². The van der Waals surface area contributed by atoms with Crippen molar-refractivity contribution in [1.29, 1.82) is 0 Å². The lowest BCUT2D eigenvalue weighted by Gasteiger charge is -2.27. The number of amides is 1. The Bertz CT molecular complexity index is 1050. The minimum atomic E-state index is -4.81. The van der Waals surface area contributed by atoms with Crippen molar-refractivity contribution in [2.75, 3.05) is 23.9 Å². The highest BCUT2D eigenvalue weighted by Crippen LogP contribution is 2.37. The summed E-state index contributed by atoms with van der Waals surface area (Å²) in [5, 5.41) is 11.7. The maximum Gasteiger partial charge on any atom is 0.573 e. The maximum atomic E-state index is 13.4. The summed E-state index contributed by atoms with van der Waals surface area (Å²) in [6.07, 6.45) is 1.52. The molecule has 33 heavy (non-hydrogen) atoms. The minimum Gasteiger partial charge on any atom is -0.481 e. The summed E-state index contributed by atoms with van der Waals surface area (Å²) in [5.41, 5.74) is 0.584. The zero-order chi connectivity index (χ0) is 24.3. The second-order valence-electron chi connectivity index (χ2n) is 7.28. The van der Waals surface area contributed by atoms with Crippen molar-refractivity contribution in [2.24, 2.45) is 5.92 Å². The Morgan fingerprint density at radius 2 is 2.00 bits per heavy atom. The standard InChI is InChI=1S/C21H21F3N2O5S2/c1-3-13-8-14(20(33-13)25-17(27)9-32-10-18(28)29)19(30)16-7-11-6-12(31-21(22,23)24)4-5-15(11)26(16)2/h4-8,11,15H,3,9-10H2,1-2H3,(H,25,27)(H,28,29). The number of thioether (sulfide) groups is 1. The number of Topliss-reactive ketones (excluding diaryl/α,β-unsaturated/α-hetero) is 1. The average Bonchev–Trinajstić information content (AvgIpc) is 3.26. The van der Waals surface area contributed by atoms with Crippen LogP contribution in [-0.2, 0) is 20.7 Å². The van der Waals surface area contributed by atoms with Crippen LogP contribution in [0, 0.1) is 5.92 Å². The largest absolute Gasteiger partial charge is 0.573 e. The first-order chi connectivity index (χ1) is 15.5. The van der Waals surface area contributed by atoms with Crippen molar-refractivity contribution < 1.29 is 37.4 Å². The number of hydrogen-bond donors (Lipinski definition) is 2. The first-order valence-electron chi connectivity index (χ1n) is 9.85. The van der Waals surface area contributed by atoms with Crippen LogP contribution in [-0.4, -0.2) is 58.6 Å². The molecule has 1 aliphatic heterocycles. The number of ketones is 1. The smallest absolute Gasteiger partial charge is 0.481 e. The van der Waals surface area contributed by atoms with Gasteiger partial charge in [0.15, 0.2) is 0 Å². The Hall–Kier alpha value is -2.73. The number of ether oxygens (including phenoxy) is 1. The third kappa shape index (κ3) is 6.20. The zero-order valence-electron chi connectivity index (χ0n) is 17.6. The van der Waals surface area contributed by atoms with E-state index in [-0.39, 0.29) is 34.7 Å². The molecule has 2 unspecified atom stereocenters. The van der Waals surface area contributed by atoms with Crippen molar-refractivity contribution in [3.8, 4) is 0 Å². The number of thiophene rings is 1. The molecular weight excluding hydrogens is 481 g/mol. The number of rotatable bonds is 9. The van der Waals surface area contributed by atoms with E-state index in [9.17, 15) is 27.6 Å². The normalized spacial score (nSPS) is 19.6. The van der Waals surface area contributed by atoms with Gasteiger partial charge in [-0.2, -0.15) is 0 Å². The van der Waals surface area contributed by atoms with E-state index in [1.54, 1.807) is 30.2 Å². The molecule has 12 heteroatoms. The highest BCUT2D eigenvalue weighted by molar-refractivity contribution is 8.00. The summed E-state index contributed by atoms with van der Waals surface area (Å²) in [6.45, 7) is 1.90. The molecule has 0 fully saturated rings. The summed E-state index contributed by atoms with van der Waals surface area (Å²) in [7, 11) is 1.68. The first-order valence-corrected chi connectivity index (χ1v) is 11.8. The van der Waals surface area contributed by atoms with Crippen LogP contribution in [0.3, 0.4) is 0 Å². The Balaban J connectivity index is 1.80. The van der Waals surface area contributed by atoms with Gasteiger partial charge in [0.2, 0.25) is 11.7 Å². The van der Waals surface area contributed by atoms with Crippen molar-refractivity contribution in [3.63, 3.8) is 0 Å². The number of carboxylic acid groups (broad SMARTS) is 1. The van der Waals surface area contributed by atoms with Gasteiger partial charge >= 0.3 is 12.3 Å². The van der Waals surface area contributed by atoms with Gasteiger partial charge in [-0.3, -0.25) is 14.4 Å². The van der Waals surface area contributed by atoms with E-state index < -0.39 is 24.2 Å². The lowest BCUT2D eigenvalue weighted by molar-refractivity contribution is -0.303. The van der Waals surface area contributed by atoms with E-state index in [4.69, 9.17) is 5.11 Å². The predicted molar refractivity (Wildman–Crippen MR) is 119 cm³/mol. The summed E-state index contributed by atoms with van der Waals surface area (Å²) in [6, 6.07) is 1.35. The molecule has 1 aromatic heterocycles. The number of alkyl halides is 3. The van der Waals surface area contributed by atoms with Crippen LogP contribution in [0.15, 0.2) is 41.8 Å². The topological polar surface area (TPSA) is 95.9 Å².